The van der Waals surface area contributed by atoms with Crippen LogP contribution in [0.2, 0.25) is 0 Å². The van der Waals surface area contributed by atoms with Crippen molar-refractivity contribution in [1.29, 1.82) is 0 Å². The SMILES string of the molecule is CCCn1ccnc1CC(Cc1ccc(C)c(C)c1)NN. The molecule has 0 radical (unpaired) electrons. The van der Waals surface area contributed by atoms with E-state index in [1.54, 1.807) is 0 Å². The second-order valence-electron chi connectivity index (χ2n) is 5.73. The molecule has 2 aromatic rings. The average Bonchev–Trinajstić information content (AvgIpc) is 2.90. The highest BCUT2D eigenvalue weighted by Gasteiger charge is 2.13. The molecule has 1 unspecified atom stereocenters. The maximum Gasteiger partial charge on any atom is 0.110 e. The molecule has 0 aliphatic carbocycles. The van der Waals surface area contributed by atoms with Crippen molar-refractivity contribution >= 4 is 0 Å². The van der Waals surface area contributed by atoms with Gasteiger partial charge in [0, 0.05) is 31.4 Å². The minimum absolute atomic E-state index is 0.199. The number of hydrogen-bond donors (Lipinski definition) is 2. The summed E-state index contributed by atoms with van der Waals surface area (Å²) in [5.74, 6) is 6.84. The number of aromatic nitrogens is 2. The number of hydrazine groups is 1. The summed E-state index contributed by atoms with van der Waals surface area (Å²) in [7, 11) is 0. The quantitative estimate of drug-likeness (QED) is 0.607. The second kappa shape index (κ2) is 7.38. The maximum absolute atomic E-state index is 5.74. The summed E-state index contributed by atoms with van der Waals surface area (Å²) in [6.45, 7) is 7.48. The van der Waals surface area contributed by atoms with Gasteiger partial charge < -0.3 is 4.57 Å². The highest BCUT2D eigenvalue weighted by Crippen LogP contribution is 2.13. The molecule has 0 bridgehead atoms. The Hall–Kier alpha value is -1.65. The van der Waals surface area contributed by atoms with Crippen molar-refractivity contribution in [3.63, 3.8) is 0 Å². The van der Waals surface area contributed by atoms with E-state index < -0.39 is 0 Å². The molecule has 4 nitrogen and oxygen atoms in total. The third-order valence-corrected chi connectivity index (χ3v) is 3.98. The molecule has 2 rings (SSSR count). The van der Waals surface area contributed by atoms with Crippen molar-refractivity contribution < 1.29 is 0 Å². The molecule has 0 saturated carbocycles. The molecule has 1 atom stereocenters. The number of nitrogens with two attached hydrogens (primary N) is 1. The average molecular weight is 286 g/mol. The smallest absolute Gasteiger partial charge is 0.110 e. The van der Waals surface area contributed by atoms with Crippen LogP contribution in [0.4, 0.5) is 0 Å². The highest BCUT2D eigenvalue weighted by atomic mass is 15.2. The monoisotopic (exact) mass is 286 g/mol. The van der Waals surface area contributed by atoms with Gasteiger partial charge in [-0.2, -0.15) is 0 Å². The summed E-state index contributed by atoms with van der Waals surface area (Å²) in [4.78, 5) is 4.46. The first kappa shape index (κ1) is 15.7. The van der Waals surface area contributed by atoms with Gasteiger partial charge in [0.25, 0.3) is 0 Å². The number of aryl methyl sites for hydroxylation is 3. The van der Waals surface area contributed by atoms with Crippen molar-refractivity contribution in [1.82, 2.24) is 15.0 Å². The van der Waals surface area contributed by atoms with E-state index in [1.807, 2.05) is 12.4 Å². The lowest BCUT2D eigenvalue weighted by Gasteiger charge is -2.17. The minimum atomic E-state index is 0.199. The van der Waals surface area contributed by atoms with Gasteiger partial charge in [0.15, 0.2) is 0 Å². The van der Waals surface area contributed by atoms with Crippen LogP contribution < -0.4 is 11.3 Å². The Bertz CT molecular complexity index is 574. The second-order valence-corrected chi connectivity index (χ2v) is 5.73. The number of hydrogen-bond acceptors (Lipinski definition) is 3. The van der Waals surface area contributed by atoms with E-state index in [4.69, 9.17) is 5.84 Å². The fourth-order valence-electron chi connectivity index (χ4n) is 2.60. The molecule has 1 heterocycles. The summed E-state index contributed by atoms with van der Waals surface area (Å²) < 4.78 is 2.21. The molecule has 0 saturated heterocycles. The predicted molar refractivity (Wildman–Crippen MR) is 87.0 cm³/mol. The molecule has 114 valence electrons. The van der Waals surface area contributed by atoms with Crippen LogP contribution in [0.25, 0.3) is 0 Å². The summed E-state index contributed by atoms with van der Waals surface area (Å²) in [6.07, 6.45) is 6.78. The zero-order valence-corrected chi connectivity index (χ0v) is 13.3. The van der Waals surface area contributed by atoms with Gasteiger partial charge in [-0.25, -0.2) is 4.98 Å². The van der Waals surface area contributed by atoms with E-state index in [0.717, 1.165) is 31.6 Å². The van der Waals surface area contributed by atoms with Crippen molar-refractivity contribution in [3.05, 3.63) is 53.1 Å². The van der Waals surface area contributed by atoms with Gasteiger partial charge in [0.2, 0.25) is 0 Å². The Kier molecular flexibility index (Phi) is 5.53. The Labute approximate surface area is 127 Å². The molecule has 3 N–H and O–H groups in total. The van der Waals surface area contributed by atoms with E-state index in [-0.39, 0.29) is 6.04 Å². The normalized spacial score (nSPS) is 12.6. The largest absolute Gasteiger partial charge is 0.335 e. The predicted octanol–water partition coefficient (Wildman–Crippen LogP) is 2.53. The molecule has 1 aromatic carbocycles. The maximum atomic E-state index is 5.74. The molecular weight excluding hydrogens is 260 g/mol. The van der Waals surface area contributed by atoms with Gasteiger partial charge in [-0.3, -0.25) is 11.3 Å². The van der Waals surface area contributed by atoms with E-state index in [0.29, 0.717) is 0 Å². The van der Waals surface area contributed by atoms with Crippen molar-refractivity contribution in [3.8, 4) is 0 Å². The highest BCUT2D eigenvalue weighted by molar-refractivity contribution is 5.30. The first-order valence-electron chi connectivity index (χ1n) is 7.66. The third kappa shape index (κ3) is 4.16. The van der Waals surface area contributed by atoms with Crippen LogP contribution in [0.3, 0.4) is 0 Å². The van der Waals surface area contributed by atoms with Crippen molar-refractivity contribution in [2.24, 2.45) is 5.84 Å². The Morgan fingerprint density at radius 1 is 1.24 bits per heavy atom. The van der Waals surface area contributed by atoms with Crippen LogP contribution in [0.15, 0.2) is 30.6 Å². The third-order valence-electron chi connectivity index (χ3n) is 3.98. The van der Waals surface area contributed by atoms with Crippen LogP contribution in [-0.4, -0.2) is 15.6 Å². The standard InChI is InChI=1S/C17H26N4/c1-4-8-21-9-7-19-17(21)12-16(20-18)11-15-6-5-13(2)14(3)10-15/h5-7,9-10,16,20H,4,8,11-12,18H2,1-3H3. The van der Waals surface area contributed by atoms with Gasteiger partial charge in [-0.05, 0) is 43.4 Å². The van der Waals surface area contributed by atoms with Gasteiger partial charge in [-0.1, -0.05) is 25.1 Å². The molecule has 21 heavy (non-hydrogen) atoms. The lowest BCUT2D eigenvalue weighted by molar-refractivity contribution is 0.495. The fourth-order valence-corrected chi connectivity index (χ4v) is 2.60. The first-order chi connectivity index (χ1) is 10.1. The van der Waals surface area contributed by atoms with Crippen molar-refractivity contribution in [2.75, 3.05) is 0 Å². The van der Waals surface area contributed by atoms with Crippen LogP contribution in [-0.2, 0) is 19.4 Å². The minimum Gasteiger partial charge on any atom is -0.335 e. The number of nitrogens with zero attached hydrogens (tertiary/aromatic N) is 2. The van der Waals surface area contributed by atoms with Gasteiger partial charge in [-0.15, -0.1) is 0 Å². The zero-order valence-electron chi connectivity index (χ0n) is 13.3. The Morgan fingerprint density at radius 3 is 2.71 bits per heavy atom. The number of nitrogens with one attached hydrogen (secondary N) is 1. The lowest BCUT2D eigenvalue weighted by Crippen LogP contribution is -2.39. The van der Waals surface area contributed by atoms with Crippen LogP contribution in [0, 0.1) is 13.8 Å². The molecule has 4 heteroatoms. The summed E-state index contributed by atoms with van der Waals surface area (Å²) >= 11 is 0. The summed E-state index contributed by atoms with van der Waals surface area (Å²) in [5, 5.41) is 0. The Balaban J connectivity index is 2.05. The van der Waals surface area contributed by atoms with Crippen LogP contribution >= 0.6 is 0 Å². The molecule has 0 amide bonds. The molecule has 0 fully saturated rings. The summed E-state index contributed by atoms with van der Waals surface area (Å²) in [6, 6.07) is 6.81. The van der Waals surface area contributed by atoms with E-state index in [1.165, 1.54) is 16.7 Å². The first-order valence-corrected chi connectivity index (χ1v) is 7.66. The molecule has 0 aliphatic rings. The number of rotatable bonds is 7. The lowest BCUT2D eigenvalue weighted by atomic mass is 9.99. The topological polar surface area (TPSA) is 55.9 Å². The van der Waals surface area contributed by atoms with Crippen molar-refractivity contribution in [2.45, 2.75) is 52.6 Å². The van der Waals surface area contributed by atoms with Gasteiger partial charge in [0.05, 0.1) is 0 Å². The van der Waals surface area contributed by atoms with E-state index in [2.05, 4.69) is 53.9 Å². The van der Waals surface area contributed by atoms with Gasteiger partial charge in [0.1, 0.15) is 5.82 Å². The zero-order chi connectivity index (χ0) is 15.2. The number of benzene rings is 1. The molecule has 1 aromatic heterocycles. The fraction of sp³-hybridized carbons (Fsp3) is 0.471. The van der Waals surface area contributed by atoms with Crippen LogP contribution in [0.1, 0.15) is 35.9 Å². The number of imidazole rings is 1. The Morgan fingerprint density at radius 2 is 2.05 bits per heavy atom. The van der Waals surface area contributed by atoms with Gasteiger partial charge >= 0.3 is 0 Å². The molecule has 0 spiro atoms. The summed E-state index contributed by atoms with van der Waals surface area (Å²) in [5.41, 5.74) is 6.91. The molecule has 0 aliphatic heterocycles. The van der Waals surface area contributed by atoms with E-state index in [9.17, 15) is 0 Å². The van der Waals surface area contributed by atoms with Crippen LogP contribution in [0.5, 0.6) is 0 Å². The molecular formula is C17H26N4. The van der Waals surface area contributed by atoms with E-state index >= 15 is 0 Å².